The first-order valence-corrected chi connectivity index (χ1v) is 15.1. The van der Waals surface area contributed by atoms with Gasteiger partial charge in [-0.1, -0.05) is 72.8 Å². The molecule has 8 nitrogen and oxygen atoms in total. The minimum Gasteiger partial charge on any atom is -0.394 e. The van der Waals surface area contributed by atoms with E-state index < -0.39 is 43.2 Å². The van der Waals surface area contributed by atoms with Gasteiger partial charge in [-0.3, -0.25) is 4.79 Å². The molecular weight excluding hydrogens is 577 g/mol. The summed E-state index contributed by atoms with van der Waals surface area (Å²) in [4.78, 5) is 15.2. The quantitative estimate of drug-likeness (QED) is 0.179. The Morgan fingerprint density at radius 3 is 2.18 bits per heavy atom. The first-order chi connectivity index (χ1) is 21.8. The Morgan fingerprint density at radius 1 is 0.778 bits per heavy atom. The van der Waals surface area contributed by atoms with Crippen molar-refractivity contribution >= 4 is 11.6 Å². The Bertz CT molecular complexity index is 1600. The van der Waals surface area contributed by atoms with Crippen LogP contribution in [0.25, 0.3) is 11.1 Å². The summed E-state index contributed by atoms with van der Waals surface area (Å²) < 4.78 is 19.1. The number of rotatable bonds is 9. The van der Waals surface area contributed by atoms with Gasteiger partial charge in [-0.2, -0.15) is 0 Å². The maximum Gasteiger partial charge on any atom is 0.233 e. The summed E-state index contributed by atoms with van der Waals surface area (Å²) in [6.07, 6.45) is -6.22. The maximum absolute atomic E-state index is 13.4. The number of ether oxygens (including phenoxy) is 1. The third kappa shape index (κ3) is 6.15. The average molecular weight is 614 g/mol. The average Bonchev–Trinajstić information content (AvgIpc) is 3.07. The van der Waals surface area contributed by atoms with Gasteiger partial charge in [-0.25, -0.2) is 4.39 Å². The lowest BCUT2D eigenvalue weighted by Crippen LogP contribution is -2.55. The van der Waals surface area contributed by atoms with Gasteiger partial charge in [0.25, 0.3) is 0 Å². The summed E-state index contributed by atoms with van der Waals surface area (Å²) in [5.74, 6) is -0.739. The van der Waals surface area contributed by atoms with Crippen LogP contribution < -0.4 is 4.90 Å². The molecular formula is C36H36FNO7. The van der Waals surface area contributed by atoms with Crippen molar-refractivity contribution in [2.75, 3.05) is 11.5 Å². The zero-order valence-electron chi connectivity index (χ0n) is 24.4. The molecule has 1 amide bonds. The normalized spacial score (nSPS) is 27.2. The predicted molar refractivity (Wildman–Crippen MR) is 165 cm³/mol. The standard InChI is InChI=1S/C36H36FNO7/c37-26-15-13-22(14-16-26)29(40)18-17-28-31(38(36(28)44)27-7-2-1-3-8-27)23-11-9-21(10-12-23)24-5-4-6-25(19-24)35-34(43)33(42)32(41)30(20-39)45-35/h1-16,19,28-35,39-43H,17-18,20H2/t28-,29+,30-,31-,32-,33+,34-,35+/m1/s1. The molecule has 0 unspecified atom stereocenters. The van der Waals surface area contributed by atoms with Crippen molar-refractivity contribution in [1.29, 1.82) is 0 Å². The lowest BCUT2D eigenvalue weighted by atomic mass is 9.78. The highest BCUT2D eigenvalue weighted by atomic mass is 19.1. The molecule has 2 heterocycles. The number of hydrogen-bond donors (Lipinski definition) is 5. The topological polar surface area (TPSA) is 131 Å². The van der Waals surface area contributed by atoms with Crippen LogP contribution in [0.15, 0.2) is 103 Å². The van der Waals surface area contributed by atoms with Gasteiger partial charge in [0.05, 0.1) is 24.7 Å². The predicted octanol–water partition coefficient (Wildman–Crippen LogP) is 4.23. The summed E-state index contributed by atoms with van der Waals surface area (Å²) in [5, 5.41) is 51.3. The molecule has 4 aromatic carbocycles. The summed E-state index contributed by atoms with van der Waals surface area (Å²) in [6, 6.07) is 30.1. The van der Waals surface area contributed by atoms with E-state index >= 15 is 0 Å². The molecule has 0 spiro atoms. The molecule has 5 N–H and O–H groups in total. The lowest BCUT2D eigenvalue weighted by Gasteiger charge is -2.48. The van der Waals surface area contributed by atoms with Crippen LogP contribution in [0.3, 0.4) is 0 Å². The molecule has 0 aromatic heterocycles. The first kappa shape index (κ1) is 31.0. The second-order valence-corrected chi connectivity index (χ2v) is 11.7. The van der Waals surface area contributed by atoms with E-state index in [1.807, 2.05) is 72.8 Å². The van der Waals surface area contributed by atoms with E-state index in [1.54, 1.807) is 23.1 Å². The smallest absolute Gasteiger partial charge is 0.233 e. The molecule has 8 atom stereocenters. The van der Waals surface area contributed by atoms with Crippen LogP contribution in [-0.4, -0.2) is 62.5 Å². The second-order valence-electron chi connectivity index (χ2n) is 11.7. The largest absolute Gasteiger partial charge is 0.394 e. The SMILES string of the molecule is O=C1[C@H](CC[C@H](O)c2ccc(F)cc2)[C@@H](c2ccc(-c3cccc([C@@H]4O[C@H](CO)[C@@H](O)[C@H](O)[C@H]4O)c3)cc2)N1c1ccccc1. The number of carbonyl (C=O) groups excluding carboxylic acids is 1. The zero-order chi connectivity index (χ0) is 31.7. The Balaban J connectivity index is 1.23. The van der Waals surface area contributed by atoms with Crippen LogP contribution in [0.1, 0.15) is 47.8 Å². The van der Waals surface area contributed by atoms with Crippen molar-refractivity contribution < 1.29 is 39.5 Å². The Labute approximate surface area is 260 Å². The molecule has 9 heteroatoms. The molecule has 45 heavy (non-hydrogen) atoms. The number of carbonyl (C=O) groups is 1. The van der Waals surface area contributed by atoms with Gasteiger partial charge in [0, 0.05) is 5.69 Å². The highest BCUT2D eigenvalue weighted by Gasteiger charge is 2.48. The molecule has 2 fully saturated rings. The van der Waals surface area contributed by atoms with Gasteiger partial charge < -0.3 is 35.2 Å². The number of aliphatic hydroxyl groups is 5. The lowest BCUT2D eigenvalue weighted by molar-refractivity contribution is -0.231. The van der Waals surface area contributed by atoms with E-state index in [0.29, 0.717) is 24.0 Å². The summed E-state index contributed by atoms with van der Waals surface area (Å²) in [5.41, 5.74) is 4.64. The van der Waals surface area contributed by atoms with Gasteiger partial charge >= 0.3 is 0 Å². The number of β-lactam (4-membered cyclic amide) rings is 1. The molecule has 0 radical (unpaired) electrons. The number of benzene rings is 4. The number of halogens is 1. The Morgan fingerprint density at radius 2 is 1.49 bits per heavy atom. The van der Waals surface area contributed by atoms with Crippen LogP contribution in [0.4, 0.5) is 10.1 Å². The minimum absolute atomic E-state index is 0.0196. The van der Waals surface area contributed by atoms with E-state index in [9.17, 15) is 34.7 Å². The van der Waals surface area contributed by atoms with Crippen molar-refractivity contribution in [3.8, 4) is 11.1 Å². The molecule has 0 aliphatic carbocycles. The molecule has 0 bridgehead atoms. The Hall–Kier alpha value is -3.96. The van der Waals surface area contributed by atoms with Gasteiger partial charge in [0.1, 0.15) is 36.3 Å². The van der Waals surface area contributed by atoms with E-state index in [0.717, 1.165) is 22.4 Å². The number of para-hydroxylation sites is 1. The van der Waals surface area contributed by atoms with Crippen molar-refractivity contribution in [3.63, 3.8) is 0 Å². The van der Waals surface area contributed by atoms with Crippen molar-refractivity contribution in [2.24, 2.45) is 5.92 Å². The van der Waals surface area contributed by atoms with Crippen LogP contribution in [-0.2, 0) is 9.53 Å². The number of aliphatic hydroxyl groups excluding tert-OH is 5. The third-order valence-electron chi connectivity index (χ3n) is 8.95. The first-order valence-electron chi connectivity index (χ1n) is 15.1. The second kappa shape index (κ2) is 13.2. The van der Waals surface area contributed by atoms with E-state index in [2.05, 4.69) is 0 Å². The number of hydrogen-bond acceptors (Lipinski definition) is 7. The zero-order valence-corrected chi connectivity index (χ0v) is 24.4. The minimum atomic E-state index is -1.47. The fourth-order valence-corrected chi connectivity index (χ4v) is 6.42. The maximum atomic E-state index is 13.4. The van der Waals surface area contributed by atoms with E-state index in [4.69, 9.17) is 4.74 Å². The summed E-state index contributed by atoms with van der Waals surface area (Å²) in [7, 11) is 0. The molecule has 234 valence electrons. The van der Waals surface area contributed by atoms with Gasteiger partial charge in [0.15, 0.2) is 0 Å². The van der Waals surface area contributed by atoms with E-state index in [-0.39, 0.29) is 23.7 Å². The number of amides is 1. The van der Waals surface area contributed by atoms with Crippen LogP contribution in [0.2, 0.25) is 0 Å². The van der Waals surface area contributed by atoms with Gasteiger partial charge in [-0.05, 0) is 71.0 Å². The summed E-state index contributed by atoms with van der Waals surface area (Å²) in [6.45, 7) is -0.502. The van der Waals surface area contributed by atoms with Gasteiger partial charge in [0.2, 0.25) is 5.91 Å². The highest BCUT2D eigenvalue weighted by molar-refractivity contribution is 6.03. The number of anilines is 1. The summed E-state index contributed by atoms with van der Waals surface area (Å²) >= 11 is 0. The molecule has 2 aliphatic heterocycles. The molecule has 2 aliphatic rings. The Kier molecular flexibility index (Phi) is 9.09. The van der Waals surface area contributed by atoms with Gasteiger partial charge in [-0.15, -0.1) is 0 Å². The highest BCUT2D eigenvalue weighted by Crippen LogP contribution is 2.46. The monoisotopic (exact) mass is 613 g/mol. The van der Waals surface area contributed by atoms with Crippen molar-refractivity contribution in [3.05, 3.63) is 126 Å². The fraction of sp³-hybridized carbons (Fsp3) is 0.306. The van der Waals surface area contributed by atoms with Crippen molar-refractivity contribution in [2.45, 2.75) is 55.5 Å². The molecule has 6 rings (SSSR count). The fourth-order valence-electron chi connectivity index (χ4n) is 6.42. The molecule has 2 saturated heterocycles. The molecule has 0 saturated carbocycles. The van der Waals surface area contributed by atoms with Crippen LogP contribution >= 0.6 is 0 Å². The number of nitrogens with zero attached hydrogens (tertiary/aromatic N) is 1. The van der Waals surface area contributed by atoms with Crippen molar-refractivity contribution in [1.82, 2.24) is 0 Å². The van der Waals surface area contributed by atoms with Crippen LogP contribution in [0.5, 0.6) is 0 Å². The van der Waals surface area contributed by atoms with E-state index in [1.165, 1.54) is 12.1 Å². The van der Waals surface area contributed by atoms with Crippen LogP contribution in [0, 0.1) is 11.7 Å². The third-order valence-corrected chi connectivity index (χ3v) is 8.95. The molecule has 4 aromatic rings.